The third-order valence-corrected chi connectivity index (χ3v) is 15.2. The van der Waals surface area contributed by atoms with E-state index >= 15 is 0 Å². The molecule has 0 aromatic heterocycles. The summed E-state index contributed by atoms with van der Waals surface area (Å²) in [5.41, 5.74) is 1.81. The fraction of sp³-hybridized carbons (Fsp3) is 0.574. The zero-order chi connectivity index (χ0) is 48.8. The number of hydrogen-bond acceptors (Lipinski definition) is 16. The molecule has 2 aliphatic heterocycles. The van der Waals surface area contributed by atoms with E-state index in [1.54, 1.807) is 24.3 Å². The van der Waals surface area contributed by atoms with Crippen LogP contribution in [0, 0.1) is 35.5 Å². The first-order valence-corrected chi connectivity index (χ1v) is 28.1. The molecule has 0 aliphatic carbocycles. The molecule has 19 heteroatoms. The van der Waals surface area contributed by atoms with Crippen LogP contribution in [0.15, 0.2) is 91.0 Å². The maximum Gasteiger partial charge on any atom is 0.378 e. The molecular weight excluding hydrogens is 913 g/mol. The first kappa shape index (κ1) is 55.4. The number of aliphatic hydroxyl groups excluding tert-OH is 1. The number of para-hydroxylation sites is 1. The van der Waals surface area contributed by atoms with E-state index in [1.807, 2.05) is 108 Å². The third kappa shape index (κ3) is 17.7. The second-order valence-electron chi connectivity index (χ2n) is 17.4. The van der Waals surface area contributed by atoms with Gasteiger partial charge in [0, 0.05) is 50.8 Å². The Morgan fingerprint density at radius 1 is 0.576 bits per heavy atom. The van der Waals surface area contributed by atoms with Crippen molar-refractivity contribution in [3.05, 3.63) is 102 Å². The molecule has 2 aliphatic rings. The maximum atomic E-state index is 13.3. The Balaban J connectivity index is 0.000000302. The van der Waals surface area contributed by atoms with Crippen molar-refractivity contribution in [1.82, 2.24) is 0 Å². The molecule has 16 nitrogen and oxygen atoms in total. The molecule has 15 atom stereocenters. The van der Waals surface area contributed by atoms with Gasteiger partial charge < -0.3 is 46.7 Å². The van der Waals surface area contributed by atoms with Crippen LogP contribution >= 0.6 is 22.8 Å². The molecular formula is C47H69O16P3. The van der Waals surface area contributed by atoms with Crippen LogP contribution in [0.25, 0.3) is 0 Å². The van der Waals surface area contributed by atoms with Gasteiger partial charge in [0.2, 0.25) is 6.29 Å². The molecule has 66 heavy (non-hydrogen) atoms. The third-order valence-electron chi connectivity index (χ3n) is 11.7. The van der Waals surface area contributed by atoms with Crippen LogP contribution in [0.3, 0.4) is 0 Å². The Bertz CT molecular complexity index is 2100. The van der Waals surface area contributed by atoms with Crippen LogP contribution in [-0.4, -0.2) is 87.2 Å². The van der Waals surface area contributed by atoms with E-state index in [2.05, 4.69) is 0 Å². The Labute approximate surface area is 390 Å². The summed E-state index contributed by atoms with van der Waals surface area (Å²) < 4.78 is 95.1. The standard InChI is InChI=1S/C27H38O9P2.C20H31O7P/c1-19(17-31-37(5,29)32-18-23-13-9-7-10-14-23)25-20(2)21(3)26(33-22(4)28)27(34-25)36-38(6,30)35-24-15-11-8-12-16-24;1-13(11-24-28(5,23)25-12-17-9-7-6-8-10-17)18-14(2)15(3)19(20(22)27-18)26-16(4)21/h7-16,19-21,25-27H,17-18H2,1-6H3;6-10,13-15,18-20,22H,11-12H2,1-5H3/t19-,20+,21+,25?,26?,27-,37?,38?;13-,14+,15+,18?,19?,20?,28?/m11/s1. The average Bonchev–Trinajstić information content (AvgIpc) is 3.27. The first-order valence-electron chi connectivity index (χ1n) is 22.1. The lowest BCUT2D eigenvalue weighted by Gasteiger charge is -2.45. The molecule has 0 saturated carbocycles. The van der Waals surface area contributed by atoms with Crippen LogP contribution in [0.5, 0.6) is 5.75 Å². The summed E-state index contributed by atoms with van der Waals surface area (Å²) in [6.07, 6.45) is -4.61. The molecule has 3 aromatic carbocycles. The SMILES string of the molecule is CC(=O)OC1C(O)OC([C@H](C)COP(C)(=O)OCc2ccccc2)[C@@H](C)[C@@H]1C.CC(=O)OC1[C@@H](OP(C)(=O)Oc2ccccc2)OC([C@H](C)COP(C)(=O)OCc2ccccc2)[C@@H](C)[C@@H]1C. The zero-order valence-corrected chi connectivity index (χ0v) is 42.5. The number of esters is 2. The minimum Gasteiger partial charge on any atom is -0.457 e. The summed E-state index contributed by atoms with van der Waals surface area (Å²) in [7, 11) is -10.2. The number of rotatable bonds is 20. The molecule has 2 heterocycles. The molecule has 0 amide bonds. The van der Waals surface area contributed by atoms with Gasteiger partial charge >= 0.3 is 34.7 Å². The summed E-state index contributed by atoms with van der Waals surface area (Å²) >= 11 is 0. The van der Waals surface area contributed by atoms with Gasteiger partial charge in [-0.3, -0.25) is 23.2 Å². The van der Waals surface area contributed by atoms with E-state index in [-0.39, 0.29) is 68.0 Å². The highest BCUT2D eigenvalue weighted by molar-refractivity contribution is 7.53. The number of ether oxygens (including phenoxy) is 4. The van der Waals surface area contributed by atoms with Gasteiger partial charge in [-0.15, -0.1) is 0 Å². The van der Waals surface area contributed by atoms with Gasteiger partial charge in [0.25, 0.3) is 0 Å². The fourth-order valence-corrected chi connectivity index (χ4v) is 10.7. The highest BCUT2D eigenvalue weighted by atomic mass is 31.2. The molecule has 0 bridgehead atoms. The van der Waals surface area contributed by atoms with E-state index in [9.17, 15) is 28.4 Å². The number of aliphatic hydroxyl groups is 1. The lowest BCUT2D eigenvalue weighted by atomic mass is 9.79. The molecule has 0 spiro atoms. The topological polar surface area (TPSA) is 198 Å². The molecule has 1 N–H and O–H groups in total. The highest BCUT2D eigenvalue weighted by Crippen LogP contribution is 2.51. The largest absolute Gasteiger partial charge is 0.457 e. The van der Waals surface area contributed by atoms with E-state index in [0.717, 1.165) is 11.1 Å². The summed E-state index contributed by atoms with van der Waals surface area (Å²) in [6, 6.07) is 27.6. The van der Waals surface area contributed by atoms with Crippen molar-refractivity contribution in [1.29, 1.82) is 0 Å². The lowest BCUT2D eigenvalue weighted by molar-refractivity contribution is -0.266. The second kappa shape index (κ2) is 25.4. The van der Waals surface area contributed by atoms with Crippen LogP contribution < -0.4 is 4.52 Å². The smallest absolute Gasteiger partial charge is 0.378 e. The Morgan fingerprint density at radius 3 is 1.41 bits per heavy atom. The maximum absolute atomic E-state index is 13.3. The number of carbonyl (C=O) groups is 2. The predicted molar refractivity (Wildman–Crippen MR) is 249 cm³/mol. The molecule has 2 saturated heterocycles. The quantitative estimate of drug-likeness (QED) is 0.0828. The van der Waals surface area contributed by atoms with Crippen LogP contribution in [0.2, 0.25) is 0 Å². The van der Waals surface area contributed by atoms with Crippen molar-refractivity contribution in [3.63, 3.8) is 0 Å². The average molecular weight is 983 g/mol. The summed E-state index contributed by atoms with van der Waals surface area (Å²) in [6.45, 7) is 19.1. The monoisotopic (exact) mass is 982 g/mol. The predicted octanol–water partition coefficient (Wildman–Crippen LogP) is 10.1. The number of benzene rings is 3. The van der Waals surface area contributed by atoms with E-state index in [1.165, 1.54) is 33.8 Å². The van der Waals surface area contributed by atoms with E-state index < -0.39 is 65.6 Å². The van der Waals surface area contributed by atoms with Crippen molar-refractivity contribution in [3.8, 4) is 5.75 Å². The normalized spacial score (nSPS) is 29.0. The number of carbonyl (C=O) groups excluding carboxylic acids is 2. The molecule has 3 aromatic rings. The minimum atomic E-state index is -3.66. The van der Waals surface area contributed by atoms with Gasteiger partial charge in [-0.1, -0.05) is 120 Å². The van der Waals surface area contributed by atoms with Crippen molar-refractivity contribution < 1.29 is 74.5 Å². The molecule has 5 rings (SSSR count). The van der Waals surface area contributed by atoms with Crippen LogP contribution in [0.1, 0.15) is 66.5 Å². The molecule has 368 valence electrons. The number of hydrogen-bond donors (Lipinski definition) is 1. The summed E-state index contributed by atoms with van der Waals surface area (Å²) in [4.78, 5) is 23.1. The molecule has 0 radical (unpaired) electrons. The van der Waals surface area contributed by atoms with Crippen LogP contribution in [0.4, 0.5) is 0 Å². The van der Waals surface area contributed by atoms with Crippen molar-refractivity contribution in [2.45, 2.75) is 106 Å². The first-order chi connectivity index (χ1) is 31.0. The van der Waals surface area contributed by atoms with Gasteiger partial charge in [0.05, 0.1) is 45.3 Å². The summed E-state index contributed by atoms with van der Waals surface area (Å²) in [5.74, 6) is -1.34. The van der Waals surface area contributed by atoms with E-state index in [0.29, 0.717) is 5.75 Å². The zero-order valence-electron chi connectivity index (χ0n) is 39.8. The van der Waals surface area contributed by atoms with Gasteiger partial charge in [-0.05, 0) is 35.1 Å². The van der Waals surface area contributed by atoms with Gasteiger partial charge in [0.15, 0.2) is 18.5 Å². The van der Waals surface area contributed by atoms with Crippen molar-refractivity contribution >= 4 is 34.7 Å². The minimum absolute atomic E-state index is 0.00725. The Hall–Kier alpha value is -3.23. The highest BCUT2D eigenvalue weighted by Gasteiger charge is 2.48. The Kier molecular flexibility index (Phi) is 21.3. The fourth-order valence-electron chi connectivity index (χ4n) is 7.71. The molecule has 2 fully saturated rings. The summed E-state index contributed by atoms with van der Waals surface area (Å²) in [5, 5.41) is 10.2. The van der Waals surface area contributed by atoms with Gasteiger partial charge in [-0.25, -0.2) is 4.57 Å². The van der Waals surface area contributed by atoms with Gasteiger partial charge in [0.1, 0.15) is 5.75 Å². The van der Waals surface area contributed by atoms with Crippen molar-refractivity contribution in [2.24, 2.45) is 35.5 Å². The van der Waals surface area contributed by atoms with Crippen LogP contribution in [-0.2, 0) is 78.1 Å². The second-order valence-corrected chi connectivity index (χ2v) is 23.5. The van der Waals surface area contributed by atoms with Gasteiger partial charge in [-0.2, -0.15) is 0 Å². The lowest BCUT2D eigenvalue weighted by Crippen LogP contribution is -2.53. The molecule has 8 unspecified atom stereocenters. The van der Waals surface area contributed by atoms with Crippen molar-refractivity contribution in [2.75, 3.05) is 33.2 Å². The Morgan fingerprint density at radius 2 is 0.970 bits per heavy atom. The van der Waals surface area contributed by atoms with E-state index in [4.69, 9.17) is 46.1 Å².